The minimum absolute atomic E-state index is 0.562. The molecule has 1 aromatic heterocycles. The maximum absolute atomic E-state index is 6.67. The van der Waals surface area contributed by atoms with Gasteiger partial charge in [0.2, 0.25) is 5.69 Å². The minimum Gasteiger partial charge on any atom is -0.388 e. The van der Waals surface area contributed by atoms with Gasteiger partial charge in [0, 0.05) is 25.1 Å². The second kappa shape index (κ2) is 2.83. The van der Waals surface area contributed by atoms with Crippen molar-refractivity contribution in [2.75, 3.05) is 12.4 Å². The van der Waals surface area contributed by atoms with E-state index in [1.807, 2.05) is 0 Å². The monoisotopic (exact) mass is 133 g/mol. The Morgan fingerprint density at radius 2 is 2.40 bits per heavy atom. The molecule has 0 aliphatic heterocycles. The van der Waals surface area contributed by atoms with Gasteiger partial charge in [-0.25, -0.2) is 4.85 Å². The fourth-order valence-corrected chi connectivity index (χ4v) is 0.626. The number of nitrogens with one attached hydrogen (secondary N) is 1. The van der Waals surface area contributed by atoms with E-state index in [0.29, 0.717) is 5.69 Å². The molecule has 1 aromatic rings. The lowest BCUT2D eigenvalue weighted by Crippen LogP contribution is -1.86. The minimum atomic E-state index is 0.562. The van der Waals surface area contributed by atoms with Crippen LogP contribution in [0.3, 0.4) is 0 Å². The Morgan fingerprint density at radius 1 is 1.60 bits per heavy atom. The first-order valence-electron chi connectivity index (χ1n) is 2.87. The van der Waals surface area contributed by atoms with Gasteiger partial charge in [0.1, 0.15) is 0 Å². The van der Waals surface area contributed by atoms with Crippen molar-refractivity contribution >= 4 is 11.4 Å². The molecular weight excluding hydrogens is 126 g/mol. The molecule has 50 valence electrons. The number of hydrogen-bond acceptors (Lipinski definition) is 2. The van der Waals surface area contributed by atoms with Crippen LogP contribution in [0.15, 0.2) is 18.5 Å². The summed E-state index contributed by atoms with van der Waals surface area (Å²) in [4.78, 5) is 7.08. The average Bonchev–Trinajstić information content (AvgIpc) is 2.05. The van der Waals surface area contributed by atoms with E-state index in [9.17, 15) is 0 Å². The van der Waals surface area contributed by atoms with Crippen LogP contribution in [0.25, 0.3) is 4.85 Å². The highest BCUT2D eigenvalue weighted by atomic mass is 14.9. The highest BCUT2D eigenvalue weighted by Gasteiger charge is 1.90. The molecular formula is C7H7N3. The normalized spacial score (nSPS) is 8.40. The number of pyridine rings is 1. The number of nitrogens with zero attached hydrogens (tertiary/aromatic N) is 2. The van der Waals surface area contributed by atoms with E-state index in [1.165, 1.54) is 6.20 Å². The van der Waals surface area contributed by atoms with E-state index in [-0.39, 0.29) is 0 Å². The molecule has 0 saturated heterocycles. The number of rotatable bonds is 1. The lowest BCUT2D eigenvalue weighted by molar-refractivity contribution is 1.32. The third-order valence-electron chi connectivity index (χ3n) is 1.14. The maximum Gasteiger partial charge on any atom is 0.207 e. The van der Waals surface area contributed by atoms with Crippen molar-refractivity contribution in [3.05, 3.63) is 29.9 Å². The molecule has 3 nitrogen and oxygen atoms in total. The zero-order valence-electron chi connectivity index (χ0n) is 5.63. The largest absolute Gasteiger partial charge is 0.388 e. The highest BCUT2D eigenvalue weighted by Crippen LogP contribution is 2.14. The van der Waals surface area contributed by atoms with Crippen LogP contribution in [0.2, 0.25) is 0 Å². The predicted octanol–water partition coefficient (Wildman–Crippen LogP) is 1.67. The van der Waals surface area contributed by atoms with Gasteiger partial charge in [0.05, 0.1) is 6.57 Å². The zero-order valence-corrected chi connectivity index (χ0v) is 5.63. The van der Waals surface area contributed by atoms with Crippen molar-refractivity contribution in [1.82, 2.24) is 4.98 Å². The predicted molar refractivity (Wildman–Crippen MR) is 40.0 cm³/mol. The maximum atomic E-state index is 6.67. The van der Waals surface area contributed by atoms with Crippen molar-refractivity contribution in [3.8, 4) is 0 Å². The van der Waals surface area contributed by atoms with Crippen LogP contribution in [-0.2, 0) is 0 Å². The SMILES string of the molecule is [C-]#[N+]c1cncc(NC)c1. The Balaban J connectivity index is 3.01. The van der Waals surface area contributed by atoms with Gasteiger partial charge in [0.15, 0.2) is 0 Å². The van der Waals surface area contributed by atoms with E-state index in [1.54, 1.807) is 19.3 Å². The third kappa shape index (κ3) is 1.23. The molecule has 1 heterocycles. The van der Waals surface area contributed by atoms with E-state index >= 15 is 0 Å². The fraction of sp³-hybridized carbons (Fsp3) is 0.143. The molecule has 0 unspecified atom stereocenters. The molecule has 0 saturated carbocycles. The summed E-state index contributed by atoms with van der Waals surface area (Å²) < 4.78 is 0. The number of aromatic nitrogens is 1. The van der Waals surface area contributed by atoms with Crippen LogP contribution in [0, 0.1) is 6.57 Å². The first kappa shape index (κ1) is 6.56. The van der Waals surface area contributed by atoms with Gasteiger partial charge in [-0.15, -0.1) is 0 Å². The van der Waals surface area contributed by atoms with Gasteiger partial charge < -0.3 is 5.32 Å². The molecule has 1 N–H and O–H groups in total. The molecule has 0 aromatic carbocycles. The van der Waals surface area contributed by atoms with Crippen LogP contribution in [0.4, 0.5) is 11.4 Å². The summed E-state index contributed by atoms with van der Waals surface area (Å²) in [6, 6.07) is 1.75. The van der Waals surface area contributed by atoms with Gasteiger partial charge in [-0.1, -0.05) is 0 Å². The number of anilines is 1. The molecule has 0 bridgehead atoms. The van der Waals surface area contributed by atoms with Crippen molar-refractivity contribution in [2.45, 2.75) is 0 Å². The second-order valence-corrected chi connectivity index (χ2v) is 1.79. The summed E-state index contributed by atoms with van der Waals surface area (Å²) in [7, 11) is 1.80. The molecule has 10 heavy (non-hydrogen) atoms. The summed E-state index contributed by atoms with van der Waals surface area (Å²) >= 11 is 0. The van der Waals surface area contributed by atoms with Gasteiger partial charge in [-0.2, -0.15) is 0 Å². The van der Waals surface area contributed by atoms with Crippen LogP contribution < -0.4 is 5.32 Å². The molecule has 0 radical (unpaired) electrons. The lowest BCUT2D eigenvalue weighted by Gasteiger charge is -1.96. The fourth-order valence-electron chi connectivity index (χ4n) is 0.626. The Bertz CT molecular complexity index is 262. The van der Waals surface area contributed by atoms with Crippen LogP contribution in [0.5, 0.6) is 0 Å². The second-order valence-electron chi connectivity index (χ2n) is 1.79. The summed E-state index contributed by atoms with van der Waals surface area (Å²) in [6.07, 6.45) is 3.21. The Kier molecular flexibility index (Phi) is 1.86. The molecule has 0 aliphatic carbocycles. The summed E-state index contributed by atoms with van der Waals surface area (Å²) in [5.74, 6) is 0. The van der Waals surface area contributed by atoms with Gasteiger partial charge >= 0.3 is 0 Å². The van der Waals surface area contributed by atoms with Crippen LogP contribution in [0.1, 0.15) is 0 Å². The van der Waals surface area contributed by atoms with E-state index in [4.69, 9.17) is 6.57 Å². The summed E-state index contributed by atoms with van der Waals surface area (Å²) in [6.45, 7) is 6.67. The molecule has 3 heteroatoms. The smallest absolute Gasteiger partial charge is 0.207 e. The standard InChI is InChI=1S/C7H7N3/c1-8-6-3-7(9-2)5-10-4-6/h3-5,8H,1H3. The molecule has 0 fully saturated rings. The molecule has 0 atom stereocenters. The average molecular weight is 133 g/mol. The first-order valence-corrected chi connectivity index (χ1v) is 2.87. The lowest BCUT2D eigenvalue weighted by atomic mass is 10.4. The van der Waals surface area contributed by atoms with Crippen LogP contribution in [-0.4, -0.2) is 12.0 Å². The van der Waals surface area contributed by atoms with Gasteiger partial charge in [-0.3, -0.25) is 4.98 Å². The van der Waals surface area contributed by atoms with E-state index in [2.05, 4.69) is 15.1 Å². The van der Waals surface area contributed by atoms with Crippen molar-refractivity contribution in [2.24, 2.45) is 0 Å². The molecule has 0 aliphatic rings. The molecule has 0 spiro atoms. The van der Waals surface area contributed by atoms with Crippen LogP contribution >= 0.6 is 0 Å². The summed E-state index contributed by atoms with van der Waals surface area (Å²) in [5.41, 5.74) is 1.43. The van der Waals surface area contributed by atoms with Gasteiger partial charge in [0.25, 0.3) is 0 Å². The molecule has 1 rings (SSSR count). The van der Waals surface area contributed by atoms with E-state index in [0.717, 1.165) is 5.69 Å². The Hall–Kier alpha value is -1.56. The third-order valence-corrected chi connectivity index (χ3v) is 1.14. The quantitative estimate of drug-likeness (QED) is 0.590. The van der Waals surface area contributed by atoms with Gasteiger partial charge in [-0.05, 0) is 6.07 Å². The summed E-state index contributed by atoms with van der Waals surface area (Å²) in [5, 5.41) is 2.90. The van der Waals surface area contributed by atoms with Crippen molar-refractivity contribution in [1.29, 1.82) is 0 Å². The Morgan fingerprint density at radius 3 is 3.00 bits per heavy atom. The zero-order chi connectivity index (χ0) is 7.40. The topological polar surface area (TPSA) is 29.3 Å². The number of hydrogen-bond donors (Lipinski definition) is 1. The van der Waals surface area contributed by atoms with Crippen molar-refractivity contribution in [3.63, 3.8) is 0 Å². The van der Waals surface area contributed by atoms with Crippen molar-refractivity contribution < 1.29 is 0 Å². The van der Waals surface area contributed by atoms with E-state index < -0.39 is 0 Å². The first-order chi connectivity index (χ1) is 4.86. The molecule has 0 amide bonds. The highest BCUT2D eigenvalue weighted by molar-refractivity contribution is 5.53. The Labute approximate surface area is 59.5 Å².